The first-order valence-corrected chi connectivity index (χ1v) is 9.36. The minimum atomic E-state index is -4.56. The van der Waals surface area contributed by atoms with E-state index >= 15 is 0 Å². The number of alkyl halides is 3. The average molecular weight is 392 g/mol. The van der Waals surface area contributed by atoms with E-state index in [9.17, 15) is 17.4 Å². The van der Waals surface area contributed by atoms with Crippen LogP contribution in [0.3, 0.4) is 0 Å². The molecule has 2 heterocycles. The minimum Gasteiger partial charge on any atom is -0.326 e. The van der Waals surface area contributed by atoms with Crippen molar-refractivity contribution in [2.45, 2.75) is 24.4 Å². The topological polar surface area (TPSA) is 71.6 Å². The van der Waals surface area contributed by atoms with Gasteiger partial charge in [0, 0.05) is 18.4 Å². The summed E-state index contributed by atoms with van der Waals surface area (Å²) in [5.41, 5.74) is 0.861. The third-order valence-corrected chi connectivity index (χ3v) is 5.49. The number of aryl methyl sites for hydroxylation is 1. The zero-order valence-corrected chi connectivity index (χ0v) is 15.4. The molecule has 5 nitrogen and oxygen atoms in total. The Labute approximate surface area is 155 Å². The molecule has 0 saturated heterocycles. The molecule has 0 spiro atoms. The number of halogens is 3. The molecular weight excluding hydrogens is 377 g/mol. The highest BCUT2D eigenvalue weighted by molar-refractivity contribution is 7.85. The van der Waals surface area contributed by atoms with Gasteiger partial charge in [-0.1, -0.05) is 13.0 Å². The standard InChI is InChI=1S/C18H15F3N4OS/c1-3-27(26)15-8-11(6-7-22)4-5-12(15)17-24-13-9-16(18(19,20)21)23-10-14(13)25(17)2/h4-5,8-10H,3,6H2,1-2H3. The maximum absolute atomic E-state index is 12.9. The molecular formula is C18H15F3N4OS. The summed E-state index contributed by atoms with van der Waals surface area (Å²) in [4.78, 5) is 8.32. The van der Waals surface area contributed by atoms with Gasteiger partial charge in [0.2, 0.25) is 0 Å². The van der Waals surface area contributed by atoms with E-state index in [0.29, 0.717) is 27.6 Å². The molecule has 0 aliphatic heterocycles. The zero-order valence-electron chi connectivity index (χ0n) is 14.5. The molecule has 1 aromatic carbocycles. The number of hydrogen-bond donors (Lipinski definition) is 0. The predicted molar refractivity (Wildman–Crippen MR) is 95.2 cm³/mol. The molecule has 27 heavy (non-hydrogen) atoms. The van der Waals surface area contributed by atoms with E-state index in [0.717, 1.165) is 17.8 Å². The van der Waals surface area contributed by atoms with Gasteiger partial charge in [-0.25, -0.2) is 9.97 Å². The predicted octanol–water partition coefficient (Wildman–Crippen LogP) is 3.85. The molecule has 0 aliphatic carbocycles. The van der Waals surface area contributed by atoms with Gasteiger partial charge in [-0.2, -0.15) is 18.4 Å². The number of nitrogens with zero attached hydrogens (tertiary/aromatic N) is 4. The maximum atomic E-state index is 12.9. The Kier molecular flexibility index (Phi) is 5.02. The lowest BCUT2D eigenvalue weighted by Crippen LogP contribution is -2.07. The summed E-state index contributed by atoms with van der Waals surface area (Å²) in [6, 6.07) is 8.07. The first-order chi connectivity index (χ1) is 12.8. The first-order valence-electron chi connectivity index (χ1n) is 8.04. The highest BCUT2D eigenvalue weighted by atomic mass is 32.2. The second-order valence-corrected chi connectivity index (χ2v) is 7.56. The molecule has 0 amide bonds. The van der Waals surface area contributed by atoms with Gasteiger partial charge < -0.3 is 4.57 Å². The summed E-state index contributed by atoms with van der Waals surface area (Å²) >= 11 is 0. The minimum absolute atomic E-state index is 0.157. The lowest BCUT2D eigenvalue weighted by Gasteiger charge is -2.10. The highest BCUT2D eigenvalue weighted by Crippen LogP contribution is 2.32. The van der Waals surface area contributed by atoms with Crippen LogP contribution in [0.1, 0.15) is 18.2 Å². The molecule has 0 radical (unpaired) electrons. The fraction of sp³-hybridized carbons (Fsp3) is 0.278. The quantitative estimate of drug-likeness (QED) is 0.676. The van der Waals surface area contributed by atoms with Gasteiger partial charge in [0.25, 0.3) is 0 Å². The number of imidazole rings is 1. The van der Waals surface area contributed by atoms with E-state index < -0.39 is 22.7 Å². The van der Waals surface area contributed by atoms with Gasteiger partial charge >= 0.3 is 6.18 Å². The van der Waals surface area contributed by atoms with Crippen molar-refractivity contribution in [2.24, 2.45) is 7.05 Å². The van der Waals surface area contributed by atoms with E-state index in [2.05, 4.69) is 9.97 Å². The van der Waals surface area contributed by atoms with Crippen LogP contribution in [-0.4, -0.2) is 24.5 Å². The van der Waals surface area contributed by atoms with Gasteiger partial charge in [-0.15, -0.1) is 0 Å². The van der Waals surface area contributed by atoms with E-state index in [4.69, 9.17) is 5.26 Å². The van der Waals surface area contributed by atoms with Gasteiger partial charge in [0.1, 0.15) is 11.5 Å². The van der Waals surface area contributed by atoms with Gasteiger partial charge in [-0.05, 0) is 23.8 Å². The summed E-state index contributed by atoms with van der Waals surface area (Å²) in [7, 11) is 0.345. The van der Waals surface area contributed by atoms with Crippen LogP contribution < -0.4 is 0 Å². The molecule has 0 bridgehead atoms. The smallest absolute Gasteiger partial charge is 0.326 e. The van der Waals surface area contributed by atoms with Crippen LogP contribution in [0.4, 0.5) is 13.2 Å². The number of hydrogen-bond acceptors (Lipinski definition) is 4. The second kappa shape index (κ2) is 7.12. The Hall–Kier alpha value is -2.73. The van der Waals surface area contributed by atoms with Crippen molar-refractivity contribution in [1.82, 2.24) is 14.5 Å². The molecule has 1 atom stereocenters. The molecule has 3 rings (SSSR count). The normalized spacial score (nSPS) is 12.9. The van der Waals surface area contributed by atoms with E-state index in [1.165, 1.54) is 0 Å². The van der Waals surface area contributed by atoms with Gasteiger partial charge in [0.15, 0.2) is 0 Å². The number of pyridine rings is 1. The van der Waals surface area contributed by atoms with Crippen LogP contribution in [0.2, 0.25) is 0 Å². The first kappa shape index (κ1) is 19.0. The number of nitriles is 1. The fourth-order valence-electron chi connectivity index (χ4n) is 2.78. The fourth-order valence-corrected chi connectivity index (χ4v) is 3.78. The molecule has 0 N–H and O–H groups in total. The van der Waals surface area contributed by atoms with Crippen molar-refractivity contribution >= 4 is 21.8 Å². The highest BCUT2D eigenvalue weighted by Gasteiger charge is 2.33. The Morgan fingerprint density at radius 2 is 2.04 bits per heavy atom. The number of fused-ring (bicyclic) bond motifs is 1. The summed E-state index contributed by atoms with van der Waals surface area (Å²) in [5.74, 6) is 0.763. The molecule has 0 fully saturated rings. The summed E-state index contributed by atoms with van der Waals surface area (Å²) < 4.78 is 52.9. The van der Waals surface area contributed by atoms with Crippen LogP contribution >= 0.6 is 0 Å². The van der Waals surface area contributed by atoms with E-state index in [-0.39, 0.29) is 11.9 Å². The maximum Gasteiger partial charge on any atom is 0.433 e. The third kappa shape index (κ3) is 3.57. The van der Waals surface area contributed by atoms with Crippen LogP contribution in [0, 0.1) is 11.3 Å². The lowest BCUT2D eigenvalue weighted by atomic mass is 10.1. The number of benzene rings is 1. The summed E-state index contributed by atoms with van der Waals surface area (Å²) in [6.45, 7) is 1.77. The van der Waals surface area contributed by atoms with Gasteiger partial charge in [-0.3, -0.25) is 4.21 Å². The van der Waals surface area contributed by atoms with Crippen molar-refractivity contribution in [1.29, 1.82) is 5.26 Å². The summed E-state index contributed by atoms with van der Waals surface area (Å²) in [5, 5.41) is 8.88. The second-order valence-electron chi connectivity index (χ2n) is 5.85. The Morgan fingerprint density at radius 1 is 1.30 bits per heavy atom. The van der Waals surface area contributed by atoms with E-state index in [1.807, 2.05) is 6.07 Å². The molecule has 140 valence electrons. The van der Waals surface area contributed by atoms with Crippen LogP contribution in [0.5, 0.6) is 0 Å². The lowest BCUT2D eigenvalue weighted by molar-refractivity contribution is -0.141. The van der Waals surface area contributed by atoms with Crippen molar-refractivity contribution in [2.75, 3.05) is 5.75 Å². The molecule has 3 aromatic rings. The van der Waals surface area contributed by atoms with Crippen molar-refractivity contribution in [3.05, 3.63) is 41.7 Å². The zero-order chi connectivity index (χ0) is 19.8. The van der Waals surface area contributed by atoms with Crippen LogP contribution in [0.15, 0.2) is 35.4 Å². The van der Waals surface area contributed by atoms with Gasteiger partial charge in [0.05, 0.1) is 45.4 Å². The molecule has 0 aliphatic rings. The van der Waals surface area contributed by atoms with Crippen molar-refractivity contribution in [3.63, 3.8) is 0 Å². The monoisotopic (exact) mass is 392 g/mol. The summed E-state index contributed by atoms with van der Waals surface area (Å²) in [6.07, 6.45) is -3.25. The number of rotatable bonds is 4. The van der Waals surface area contributed by atoms with Crippen molar-refractivity contribution in [3.8, 4) is 17.5 Å². The van der Waals surface area contributed by atoms with Crippen molar-refractivity contribution < 1.29 is 17.4 Å². The van der Waals surface area contributed by atoms with Crippen LogP contribution in [-0.2, 0) is 30.4 Å². The van der Waals surface area contributed by atoms with E-state index in [1.54, 1.807) is 36.7 Å². The largest absolute Gasteiger partial charge is 0.433 e. The number of aromatic nitrogens is 3. The molecule has 1 unspecified atom stereocenters. The molecule has 2 aromatic heterocycles. The van der Waals surface area contributed by atoms with Crippen LogP contribution in [0.25, 0.3) is 22.4 Å². The molecule has 9 heteroatoms. The third-order valence-electron chi connectivity index (χ3n) is 4.14. The molecule has 0 saturated carbocycles. The SMILES string of the molecule is CCS(=O)c1cc(CC#N)ccc1-c1nc2cc(C(F)(F)F)ncc2n1C. The Balaban J connectivity index is 2.21. The Morgan fingerprint density at radius 3 is 2.67 bits per heavy atom. The average Bonchev–Trinajstić information content (AvgIpc) is 2.96. The Bertz CT molecular complexity index is 1080.